The summed E-state index contributed by atoms with van der Waals surface area (Å²) in [7, 11) is 0. The van der Waals surface area contributed by atoms with Crippen molar-refractivity contribution >= 4 is 22.6 Å². The van der Waals surface area contributed by atoms with E-state index in [4.69, 9.17) is 4.42 Å². The second kappa shape index (κ2) is 3.63. The molecule has 0 bridgehead atoms. The molecule has 0 unspecified atom stereocenters. The average Bonchev–Trinajstić information content (AvgIpc) is 3.05. The Morgan fingerprint density at radius 1 is 1.17 bits per heavy atom. The van der Waals surface area contributed by atoms with Crippen LogP contribution in [-0.2, 0) is 6.42 Å². The Kier molecular flexibility index (Phi) is 1.97. The van der Waals surface area contributed by atoms with Gasteiger partial charge in [0.25, 0.3) is 0 Å². The fourth-order valence-electron chi connectivity index (χ4n) is 2.68. The Morgan fingerprint density at radius 2 is 2.17 bits per heavy atom. The van der Waals surface area contributed by atoms with Crippen LogP contribution in [0, 0.1) is 0 Å². The van der Waals surface area contributed by atoms with Crippen LogP contribution in [0.5, 0.6) is 0 Å². The zero-order chi connectivity index (χ0) is 11.9. The van der Waals surface area contributed by atoms with Crippen LogP contribution < -0.4 is 0 Å². The molecule has 0 saturated heterocycles. The molecule has 1 heterocycles. The summed E-state index contributed by atoms with van der Waals surface area (Å²) < 4.78 is 6.07. The quantitative estimate of drug-likeness (QED) is 0.660. The number of allylic oxidation sites excluding steroid dienone is 4. The molecule has 0 aliphatic heterocycles. The summed E-state index contributed by atoms with van der Waals surface area (Å²) in [6, 6.07) is 6.34. The molecular weight excluding hydrogens is 220 g/mol. The first-order valence-corrected chi connectivity index (χ1v) is 6.28. The lowest BCUT2D eigenvalue weighted by molar-refractivity contribution is 0.545. The van der Waals surface area contributed by atoms with Gasteiger partial charge < -0.3 is 4.42 Å². The van der Waals surface area contributed by atoms with Crippen molar-refractivity contribution in [1.82, 2.24) is 0 Å². The first-order valence-electron chi connectivity index (χ1n) is 6.28. The predicted octanol–water partition coefficient (Wildman–Crippen LogP) is 4.50. The number of hydrogen-bond donors (Lipinski definition) is 0. The molecule has 4 rings (SSSR count). The lowest BCUT2D eigenvalue weighted by Gasteiger charge is -2.01. The zero-order valence-corrected chi connectivity index (χ0v) is 9.94. The summed E-state index contributed by atoms with van der Waals surface area (Å²) >= 11 is 0. The van der Waals surface area contributed by atoms with Gasteiger partial charge in [0.2, 0.25) is 0 Å². The maximum atomic E-state index is 6.07. The van der Waals surface area contributed by atoms with Crippen LogP contribution in [0.25, 0.3) is 22.6 Å². The smallest absolute Gasteiger partial charge is 0.143 e. The minimum Gasteiger partial charge on any atom is -0.460 e. The molecule has 0 amide bonds. The molecule has 0 radical (unpaired) electrons. The molecule has 2 aliphatic carbocycles. The van der Waals surface area contributed by atoms with Crippen molar-refractivity contribution in [2.45, 2.75) is 12.8 Å². The summed E-state index contributed by atoms with van der Waals surface area (Å²) in [6.07, 6.45) is 12.5. The van der Waals surface area contributed by atoms with Gasteiger partial charge in [0.1, 0.15) is 11.3 Å². The second-order valence-corrected chi connectivity index (χ2v) is 4.65. The van der Waals surface area contributed by atoms with Crippen molar-refractivity contribution in [1.29, 1.82) is 0 Å². The van der Waals surface area contributed by atoms with Gasteiger partial charge in [0, 0.05) is 28.5 Å². The van der Waals surface area contributed by atoms with E-state index in [1.54, 1.807) is 0 Å². The van der Waals surface area contributed by atoms with E-state index in [9.17, 15) is 0 Å². The molecular formula is C17H12O. The van der Waals surface area contributed by atoms with Gasteiger partial charge in [0.05, 0.1) is 0 Å². The van der Waals surface area contributed by atoms with E-state index in [0.717, 1.165) is 35.3 Å². The van der Waals surface area contributed by atoms with E-state index >= 15 is 0 Å². The molecule has 0 spiro atoms. The molecule has 1 aromatic carbocycles. The van der Waals surface area contributed by atoms with Gasteiger partial charge in [-0.15, -0.1) is 5.73 Å². The molecule has 1 aromatic heterocycles. The van der Waals surface area contributed by atoms with Crippen LogP contribution in [0.15, 0.2) is 52.7 Å². The topological polar surface area (TPSA) is 13.1 Å². The lowest BCUT2D eigenvalue weighted by Crippen LogP contribution is -1.87. The van der Waals surface area contributed by atoms with Gasteiger partial charge in [0.15, 0.2) is 0 Å². The van der Waals surface area contributed by atoms with Gasteiger partial charge in [-0.25, -0.2) is 0 Å². The van der Waals surface area contributed by atoms with E-state index in [2.05, 4.69) is 42.2 Å². The highest BCUT2D eigenvalue weighted by Gasteiger charge is 2.17. The van der Waals surface area contributed by atoms with Gasteiger partial charge in [-0.2, -0.15) is 0 Å². The molecule has 0 fully saturated rings. The summed E-state index contributed by atoms with van der Waals surface area (Å²) in [5.41, 5.74) is 7.75. The van der Waals surface area contributed by atoms with Gasteiger partial charge in [-0.05, 0) is 24.6 Å². The Hall–Kier alpha value is -2.24. The normalized spacial score (nSPS) is 16.3. The number of furan rings is 1. The average molecular weight is 232 g/mol. The van der Waals surface area contributed by atoms with Crippen LogP contribution in [-0.4, -0.2) is 0 Å². The Bertz CT molecular complexity index is 762. The van der Waals surface area contributed by atoms with Crippen molar-refractivity contribution in [2.75, 3.05) is 0 Å². The molecule has 0 atom stereocenters. The maximum Gasteiger partial charge on any atom is 0.143 e. The number of benzene rings is 1. The van der Waals surface area contributed by atoms with Crippen molar-refractivity contribution in [3.8, 4) is 0 Å². The third-order valence-corrected chi connectivity index (χ3v) is 3.54. The summed E-state index contributed by atoms with van der Waals surface area (Å²) in [6.45, 7) is 0. The van der Waals surface area contributed by atoms with Crippen molar-refractivity contribution in [3.05, 3.63) is 65.1 Å². The summed E-state index contributed by atoms with van der Waals surface area (Å²) in [4.78, 5) is 0. The molecule has 0 saturated carbocycles. The van der Waals surface area contributed by atoms with E-state index in [-0.39, 0.29) is 0 Å². The fraction of sp³-hybridized carbons (Fsp3) is 0.118. The Balaban J connectivity index is 2.06. The third-order valence-electron chi connectivity index (χ3n) is 3.54. The fourth-order valence-corrected chi connectivity index (χ4v) is 2.68. The van der Waals surface area contributed by atoms with Gasteiger partial charge in [-0.1, -0.05) is 30.4 Å². The highest BCUT2D eigenvalue weighted by molar-refractivity contribution is 5.98. The second-order valence-electron chi connectivity index (χ2n) is 4.65. The molecule has 86 valence electrons. The van der Waals surface area contributed by atoms with Crippen molar-refractivity contribution in [2.24, 2.45) is 0 Å². The largest absolute Gasteiger partial charge is 0.460 e. The molecule has 0 N–H and O–H groups in total. The number of hydrogen-bond acceptors (Lipinski definition) is 1. The van der Waals surface area contributed by atoms with Crippen molar-refractivity contribution < 1.29 is 4.42 Å². The molecule has 18 heavy (non-hydrogen) atoms. The third kappa shape index (κ3) is 1.28. The van der Waals surface area contributed by atoms with Crippen LogP contribution in [0.2, 0.25) is 0 Å². The highest BCUT2D eigenvalue weighted by Crippen LogP contribution is 2.35. The Labute approximate surface area is 105 Å². The predicted molar refractivity (Wildman–Crippen MR) is 74.2 cm³/mol. The first kappa shape index (κ1) is 9.76. The Morgan fingerprint density at radius 3 is 3.06 bits per heavy atom. The summed E-state index contributed by atoms with van der Waals surface area (Å²) in [5.74, 6) is 1.12. The lowest BCUT2D eigenvalue weighted by atomic mass is 9.99. The zero-order valence-electron chi connectivity index (χ0n) is 9.94. The SMILES string of the molecule is C1=CC=CC=1c1cccc2c3c(oc12)CCC=C3. The van der Waals surface area contributed by atoms with Crippen LogP contribution in [0.3, 0.4) is 0 Å². The summed E-state index contributed by atoms with van der Waals surface area (Å²) in [5, 5.41) is 1.22. The van der Waals surface area contributed by atoms with Crippen LogP contribution in [0.1, 0.15) is 23.3 Å². The molecule has 2 aliphatic rings. The van der Waals surface area contributed by atoms with Gasteiger partial charge in [-0.3, -0.25) is 0 Å². The minimum absolute atomic E-state index is 0.997. The maximum absolute atomic E-state index is 6.07. The van der Waals surface area contributed by atoms with Gasteiger partial charge >= 0.3 is 0 Å². The van der Waals surface area contributed by atoms with E-state index in [1.165, 1.54) is 10.9 Å². The number of fused-ring (bicyclic) bond motifs is 3. The van der Waals surface area contributed by atoms with Crippen LogP contribution >= 0.6 is 0 Å². The van der Waals surface area contributed by atoms with E-state index in [1.807, 2.05) is 12.2 Å². The number of para-hydroxylation sites is 1. The van der Waals surface area contributed by atoms with E-state index < -0.39 is 0 Å². The molecule has 1 heteroatoms. The molecule has 2 aromatic rings. The number of aryl methyl sites for hydroxylation is 1. The first-order chi connectivity index (χ1) is 8.93. The van der Waals surface area contributed by atoms with E-state index in [0.29, 0.717) is 0 Å². The molecule has 1 nitrogen and oxygen atoms in total. The number of rotatable bonds is 1. The standard InChI is InChI=1S/C17H12O/c1-2-7-12(6-1)13-9-5-10-15-14-8-3-4-11-16(14)18-17(13)15/h1-3,5-6,8-10H,4,11H2. The minimum atomic E-state index is 0.997. The highest BCUT2D eigenvalue weighted by atomic mass is 16.3. The monoisotopic (exact) mass is 232 g/mol. The van der Waals surface area contributed by atoms with Crippen LogP contribution in [0.4, 0.5) is 0 Å². The van der Waals surface area contributed by atoms with Crippen molar-refractivity contribution in [3.63, 3.8) is 0 Å².